The second-order valence-corrected chi connectivity index (χ2v) is 17.8. The van der Waals surface area contributed by atoms with Crippen LogP contribution in [-0.4, -0.2) is 0 Å². The van der Waals surface area contributed by atoms with Gasteiger partial charge < -0.3 is 0 Å². The lowest BCUT2D eigenvalue weighted by Crippen LogP contribution is -2.13. The van der Waals surface area contributed by atoms with Crippen LogP contribution in [0.5, 0.6) is 0 Å². The second-order valence-electron chi connectivity index (χ2n) is 11.8. The van der Waals surface area contributed by atoms with Gasteiger partial charge in [0, 0.05) is 43.7 Å². The van der Waals surface area contributed by atoms with Gasteiger partial charge in [-0.2, -0.15) is 0 Å². The minimum absolute atomic E-state index is 0. The van der Waals surface area contributed by atoms with Crippen LogP contribution in [0.15, 0.2) is 63.8 Å². The molecule has 8 rings (SSSR count). The summed E-state index contributed by atoms with van der Waals surface area (Å²) in [7, 11) is 0. The molecule has 0 N–H and O–H groups in total. The zero-order chi connectivity index (χ0) is 31.3. The summed E-state index contributed by atoms with van der Waals surface area (Å²) >= 11 is 11.2. The van der Waals surface area contributed by atoms with Crippen LogP contribution in [0.4, 0.5) is 17.6 Å². The average Bonchev–Trinajstić information content (AvgIpc) is 3.77. The summed E-state index contributed by atoms with van der Waals surface area (Å²) in [4.78, 5) is 6.49. The van der Waals surface area contributed by atoms with Crippen molar-refractivity contribution in [3.8, 4) is 40.4 Å². The van der Waals surface area contributed by atoms with Crippen molar-refractivity contribution in [2.24, 2.45) is 0 Å². The van der Waals surface area contributed by atoms with Crippen molar-refractivity contribution in [2.45, 2.75) is 46.0 Å². The summed E-state index contributed by atoms with van der Waals surface area (Å²) in [6.07, 6.45) is 0. The normalized spacial score (nSPS) is 14.6. The minimum Gasteiger partial charge on any atom is -0.206 e. The second kappa shape index (κ2) is 11.7. The fraction of sp³-hybridized carbons (Fsp3) is 0.200. The molecule has 2 aromatic carbocycles. The van der Waals surface area contributed by atoms with Crippen molar-refractivity contribution in [3.63, 3.8) is 0 Å². The van der Waals surface area contributed by atoms with E-state index in [9.17, 15) is 8.78 Å². The number of halogens is 6. The lowest BCUT2D eigenvalue weighted by molar-refractivity contribution is 0.570. The third kappa shape index (κ3) is 5.22. The van der Waals surface area contributed by atoms with E-state index in [4.69, 9.17) is 0 Å². The maximum atomic E-state index is 15.5. The van der Waals surface area contributed by atoms with E-state index < -0.39 is 23.3 Å². The van der Waals surface area contributed by atoms with E-state index in [1.165, 1.54) is 72.5 Å². The predicted molar refractivity (Wildman–Crippen MR) is 197 cm³/mol. The zero-order valence-corrected chi connectivity index (χ0v) is 30.7. The fourth-order valence-corrected chi connectivity index (χ4v) is 11.9. The molecule has 0 fully saturated rings. The molecular weight excluding hydrogens is 831 g/mol. The van der Waals surface area contributed by atoms with Gasteiger partial charge >= 0.3 is 0 Å². The fourth-order valence-electron chi connectivity index (χ4n) is 6.03. The highest BCUT2D eigenvalue weighted by Gasteiger charge is 2.40. The molecule has 232 valence electrons. The van der Waals surface area contributed by atoms with Gasteiger partial charge in [-0.1, -0.05) is 35.1 Å². The molecule has 0 aliphatic heterocycles. The van der Waals surface area contributed by atoms with E-state index >= 15 is 8.78 Å². The Balaban J connectivity index is 0.000000280. The van der Waals surface area contributed by atoms with E-state index in [1.54, 1.807) is 34.0 Å². The number of benzene rings is 2. The summed E-state index contributed by atoms with van der Waals surface area (Å²) < 4.78 is 56.5. The molecule has 10 heteroatoms. The van der Waals surface area contributed by atoms with E-state index in [2.05, 4.69) is 72.6 Å². The van der Waals surface area contributed by atoms with Gasteiger partial charge in [-0.25, -0.2) is 17.6 Å². The molecule has 0 amide bonds. The Morgan fingerprint density at radius 2 is 1.04 bits per heavy atom. The molecule has 0 saturated heterocycles. The van der Waals surface area contributed by atoms with E-state index in [0.717, 1.165) is 9.75 Å². The van der Waals surface area contributed by atoms with E-state index in [1.807, 2.05) is 28.7 Å². The zero-order valence-electron chi connectivity index (χ0n) is 23.7. The predicted octanol–water partition coefficient (Wildman–Crippen LogP) is 14.1. The van der Waals surface area contributed by atoms with Gasteiger partial charge in [0.1, 0.15) is 23.3 Å². The van der Waals surface area contributed by atoms with Crippen molar-refractivity contribution in [3.05, 3.63) is 113 Å². The summed E-state index contributed by atoms with van der Waals surface area (Å²) in [5.74, 6) is -2.12. The molecule has 0 unspecified atom stereocenters. The first-order chi connectivity index (χ1) is 20.8. The molecule has 2 aliphatic rings. The van der Waals surface area contributed by atoms with Gasteiger partial charge in [0.15, 0.2) is 0 Å². The van der Waals surface area contributed by atoms with Crippen LogP contribution in [0.2, 0.25) is 0 Å². The summed E-state index contributed by atoms with van der Waals surface area (Å²) in [5, 5.41) is 4.23. The first kappa shape index (κ1) is 33.1. The molecule has 0 bridgehead atoms. The van der Waals surface area contributed by atoms with E-state index in [0.29, 0.717) is 14.0 Å². The highest BCUT2D eigenvalue weighted by atomic mass is 127. The molecule has 6 aromatic rings. The summed E-state index contributed by atoms with van der Waals surface area (Å²) in [6, 6.07) is 14.0. The van der Waals surface area contributed by atoms with Crippen molar-refractivity contribution < 1.29 is 17.6 Å². The van der Waals surface area contributed by atoms with Gasteiger partial charge in [0.25, 0.3) is 0 Å². The summed E-state index contributed by atoms with van der Waals surface area (Å²) in [6.45, 7) is 8.82. The average molecular weight is 858 g/mol. The Bertz CT molecular complexity index is 2070. The number of hydrogen-bond acceptors (Lipinski definition) is 4. The molecule has 4 heterocycles. The maximum Gasteiger partial charge on any atom is 0.141 e. The van der Waals surface area contributed by atoms with Crippen LogP contribution in [0.1, 0.15) is 57.4 Å². The van der Waals surface area contributed by atoms with Crippen LogP contribution in [0, 0.1) is 26.8 Å². The Morgan fingerprint density at radius 1 is 0.600 bits per heavy atom. The number of thiophene rings is 4. The number of rotatable bonds is 2. The Hall–Kier alpha value is -1.83. The summed E-state index contributed by atoms with van der Waals surface area (Å²) in [5.41, 5.74) is 5.55. The smallest absolute Gasteiger partial charge is 0.141 e. The minimum atomic E-state index is -0.565. The molecule has 45 heavy (non-hydrogen) atoms. The van der Waals surface area contributed by atoms with Gasteiger partial charge in [-0.15, -0.1) is 45.3 Å². The van der Waals surface area contributed by atoms with Gasteiger partial charge in [0.05, 0.1) is 10.0 Å². The van der Waals surface area contributed by atoms with Gasteiger partial charge in [-0.05, 0) is 126 Å². The molecule has 2 aliphatic carbocycles. The van der Waals surface area contributed by atoms with Crippen LogP contribution >= 0.6 is 83.9 Å². The lowest BCUT2D eigenvalue weighted by atomic mass is 9.84. The van der Waals surface area contributed by atoms with Crippen LogP contribution in [-0.2, 0) is 10.8 Å². The van der Waals surface area contributed by atoms with E-state index in [-0.39, 0.29) is 28.3 Å². The molecule has 0 saturated carbocycles. The first-order valence-electron chi connectivity index (χ1n) is 13.5. The quantitative estimate of drug-likeness (QED) is 0.0704. The van der Waals surface area contributed by atoms with Crippen molar-refractivity contribution >= 4 is 83.9 Å². The van der Waals surface area contributed by atoms with Crippen molar-refractivity contribution in [1.29, 1.82) is 0 Å². The Morgan fingerprint density at radius 3 is 1.53 bits per heavy atom. The molecule has 0 atom stereocenters. The lowest BCUT2D eigenvalue weighted by Gasteiger charge is -2.19. The van der Waals surface area contributed by atoms with Gasteiger partial charge in [-0.3, -0.25) is 0 Å². The highest BCUT2D eigenvalue weighted by Crippen LogP contribution is 2.58. The van der Waals surface area contributed by atoms with Gasteiger partial charge in [0.2, 0.25) is 0 Å². The monoisotopic (exact) mass is 856 g/mol. The first-order valence-corrected chi connectivity index (χ1v) is 18.8. The molecule has 0 radical (unpaired) electrons. The molecular formula is C35H26BrF4IS4. The number of hydrogen-bond donors (Lipinski definition) is 0. The topological polar surface area (TPSA) is 0 Å². The number of fused-ring (bicyclic) bond motifs is 6. The highest BCUT2D eigenvalue weighted by molar-refractivity contribution is 14.1. The molecule has 4 aromatic heterocycles. The maximum absolute atomic E-state index is 15.5. The molecule has 0 spiro atoms. The van der Waals surface area contributed by atoms with Crippen LogP contribution in [0.25, 0.3) is 40.4 Å². The van der Waals surface area contributed by atoms with Crippen LogP contribution in [0.3, 0.4) is 0 Å². The SMILES string of the molecule is C.CC1(C)c2ccsc2-c2sc(-c3cc(F)c(-c4cc5c(s4)-c4sccc4C5(C)C)c(F)c3)cc21.Fc1cc(I)cc(F)c1Br. The standard InChI is InChI=1S/C28H20F2S4.C6H2BrF2I.CH4/c1-27(2)14-5-7-31-23(14)25-16(27)11-20(33-25)13-9-18(29)22(19(30)10-13)21-12-17-26(34-21)24-15(6-8-32-24)28(17,3)4;7-6-4(8)1-3(10)2-5(6)9;/h5-12H,1-4H3;1-2H;1H4. The third-order valence-corrected chi connectivity index (χ3v) is 14.3. The molecule has 0 nitrogen and oxygen atoms in total. The van der Waals surface area contributed by atoms with Crippen LogP contribution < -0.4 is 0 Å². The Kier molecular flexibility index (Phi) is 8.60. The largest absolute Gasteiger partial charge is 0.206 e. The Labute approximate surface area is 298 Å². The van der Waals surface area contributed by atoms with Crippen molar-refractivity contribution in [1.82, 2.24) is 0 Å². The van der Waals surface area contributed by atoms with Crippen molar-refractivity contribution in [2.75, 3.05) is 0 Å². The third-order valence-electron chi connectivity index (χ3n) is 8.42.